The molecule has 0 aliphatic carbocycles. The summed E-state index contributed by atoms with van der Waals surface area (Å²) in [5.41, 5.74) is 2.97. The van der Waals surface area contributed by atoms with Crippen molar-refractivity contribution in [2.45, 2.75) is 37.6 Å². The molecule has 2 aromatic carbocycles. The topological polar surface area (TPSA) is 61.9 Å². The van der Waals surface area contributed by atoms with Gasteiger partial charge in [-0.25, -0.2) is 14.4 Å². The lowest BCUT2D eigenvalue weighted by molar-refractivity contribution is 0.0600. The lowest BCUT2D eigenvalue weighted by atomic mass is 9.97. The van der Waals surface area contributed by atoms with Gasteiger partial charge >= 0.3 is 0 Å². The molecular formula is C24H22ClFN4OS. The van der Waals surface area contributed by atoms with Crippen LogP contribution in [0.2, 0.25) is 0 Å². The molecule has 1 unspecified atom stereocenters. The zero-order valence-corrected chi connectivity index (χ0v) is 19.1. The molecule has 4 aromatic rings. The average Bonchev–Trinajstić information content (AvgIpc) is 3.42. The molecule has 5 rings (SSSR count). The molecule has 1 amide bonds. The van der Waals surface area contributed by atoms with Crippen molar-refractivity contribution < 1.29 is 9.18 Å². The van der Waals surface area contributed by atoms with Crippen LogP contribution < -0.4 is 0 Å². The molecule has 0 bridgehead atoms. The Labute approximate surface area is 194 Å². The second kappa shape index (κ2) is 8.64. The maximum Gasteiger partial charge on any atom is 0.274 e. The average molecular weight is 469 g/mol. The number of para-hydroxylation sites is 2. The van der Waals surface area contributed by atoms with Crippen LogP contribution in [0.1, 0.15) is 46.0 Å². The van der Waals surface area contributed by atoms with Gasteiger partial charge in [-0.2, -0.15) is 0 Å². The summed E-state index contributed by atoms with van der Waals surface area (Å²) in [7, 11) is 0. The minimum absolute atomic E-state index is 0.139. The SMILES string of the molecule is Cc1nc(C(=O)N2CCCCC2[C@H](Cl)c2nc3ccccc3[nH]2)c(-c2ccc(F)cc2)s1. The van der Waals surface area contributed by atoms with Crippen LogP contribution in [0, 0.1) is 12.7 Å². The molecule has 164 valence electrons. The van der Waals surface area contributed by atoms with Gasteiger partial charge in [-0.15, -0.1) is 22.9 Å². The van der Waals surface area contributed by atoms with Crippen molar-refractivity contribution in [2.24, 2.45) is 0 Å². The molecule has 1 N–H and O–H groups in total. The third kappa shape index (κ3) is 3.91. The molecule has 2 aromatic heterocycles. The Morgan fingerprint density at radius 2 is 1.97 bits per heavy atom. The summed E-state index contributed by atoms with van der Waals surface area (Å²) in [5.74, 6) is 0.223. The molecule has 5 nitrogen and oxygen atoms in total. The normalized spacial score (nSPS) is 17.6. The van der Waals surface area contributed by atoms with Crippen molar-refractivity contribution >= 4 is 39.9 Å². The minimum Gasteiger partial charge on any atom is -0.341 e. The zero-order chi connectivity index (χ0) is 22.2. The molecule has 1 aliphatic rings. The Hall–Kier alpha value is -2.77. The van der Waals surface area contributed by atoms with E-state index in [-0.39, 0.29) is 17.8 Å². The van der Waals surface area contributed by atoms with Crippen LogP contribution in [0.5, 0.6) is 0 Å². The number of fused-ring (bicyclic) bond motifs is 1. The van der Waals surface area contributed by atoms with Crippen LogP contribution in [0.4, 0.5) is 4.39 Å². The maximum absolute atomic E-state index is 13.7. The van der Waals surface area contributed by atoms with Crippen LogP contribution in [-0.2, 0) is 0 Å². The number of alkyl halides is 1. The number of carbonyl (C=O) groups excluding carboxylic acids is 1. The van der Waals surface area contributed by atoms with Crippen LogP contribution in [0.3, 0.4) is 0 Å². The largest absolute Gasteiger partial charge is 0.341 e. The second-order valence-corrected chi connectivity index (χ2v) is 9.69. The highest BCUT2D eigenvalue weighted by molar-refractivity contribution is 7.15. The number of piperidine rings is 1. The summed E-state index contributed by atoms with van der Waals surface area (Å²) < 4.78 is 13.4. The van der Waals surface area contributed by atoms with Gasteiger partial charge in [-0.1, -0.05) is 24.3 Å². The molecule has 0 radical (unpaired) electrons. The number of aromatic nitrogens is 3. The van der Waals surface area contributed by atoms with E-state index in [2.05, 4.69) is 15.0 Å². The number of nitrogens with zero attached hydrogens (tertiary/aromatic N) is 3. The van der Waals surface area contributed by atoms with Crippen molar-refractivity contribution in [1.29, 1.82) is 0 Å². The fourth-order valence-corrected chi connectivity index (χ4v) is 5.59. The fraction of sp³-hybridized carbons (Fsp3) is 0.292. The number of halogens is 2. The molecule has 1 saturated heterocycles. The van der Waals surface area contributed by atoms with Crippen LogP contribution in [0.25, 0.3) is 21.5 Å². The first-order valence-corrected chi connectivity index (χ1v) is 11.9. The standard InChI is InChI=1S/C24H22ClFN4OS/c1-14-27-21(22(32-14)15-9-11-16(26)12-10-15)24(31)30-13-5-4-8-19(30)20(25)23-28-17-6-2-3-7-18(17)29-23/h2-3,6-7,9-12,19-20H,4-5,8,13H2,1H3,(H,28,29)/t19?,20-/m0/s1. The van der Waals surface area contributed by atoms with Gasteiger partial charge in [-0.05, 0) is 56.0 Å². The molecule has 3 heterocycles. The highest BCUT2D eigenvalue weighted by atomic mass is 35.5. The summed E-state index contributed by atoms with van der Waals surface area (Å²) >= 11 is 8.36. The van der Waals surface area contributed by atoms with E-state index >= 15 is 0 Å². The summed E-state index contributed by atoms with van der Waals surface area (Å²) in [4.78, 5) is 28.8. The van der Waals surface area contributed by atoms with Crippen molar-refractivity contribution in [3.05, 3.63) is 70.9 Å². The number of hydrogen-bond donors (Lipinski definition) is 1. The molecular weight excluding hydrogens is 447 g/mol. The first-order chi connectivity index (χ1) is 15.5. The predicted molar refractivity (Wildman–Crippen MR) is 126 cm³/mol. The number of imidazole rings is 1. The number of thiazole rings is 1. The lowest BCUT2D eigenvalue weighted by Gasteiger charge is -2.37. The molecule has 8 heteroatoms. The van der Waals surface area contributed by atoms with Gasteiger partial charge in [-0.3, -0.25) is 4.79 Å². The zero-order valence-electron chi connectivity index (χ0n) is 17.5. The summed E-state index contributed by atoms with van der Waals surface area (Å²) in [6, 6.07) is 13.8. The highest BCUT2D eigenvalue weighted by Crippen LogP contribution is 2.36. The monoisotopic (exact) mass is 468 g/mol. The third-order valence-electron chi connectivity index (χ3n) is 5.86. The summed E-state index contributed by atoms with van der Waals surface area (Å²) in [5, 5.41) is 0.335. The molecule has 32 heavy (non-hydrogen) atoms. The molecule has 1 fully saturated rings. The van der Waals surface area contributed by atoms with Gasteiger partial charge in [0.05, 0.1) is 27.0 Å². The summed E-state index contributed by atoms with van der Waals surface area (Å²) in [6.07, 6.45) is 2.71. The quantitative estimate of drug-likeness (QED) is 0.367. The maximum atomic E-state index is 13.7. The van der Waals surface area contributed by atoms with Crippen LogP contribution in [0.15, 0.2) is 48.5 Å². The number of carbonyl (C=O) groups is 1. The molecule has 0 spiro atoms. The van der Waals surface area contributed by atoms with E-state index < -0.39 is 5.38 Å². The van der Waals surface area contributed by atoms with Gasteiger partial charge in [0.25, 0.3) is 5.91 Å². The molecule has 1 aliphatic heterocycles. The summed E-state index contributed by atoms with van der Waals surface area (Å²) in [6.45, 7) is 2.49. The van der Waals surface area contributed by atoms with Crippen LogP contribution in [-0.4, -0.2) is 38.3 Å². The first kappa shape index (κ1) is 21.1. The van der Waals surface area contributed by atoms with E-state index in [9.17, 15) is 9.18 Å². The third-order valence-corrected chi connectivity index (χ3v) is 7.38. The van der Waals surface area contributed by atoms with Crippen molar-refractivity contribution in [3.63, 3.8) is 0 Å². The number of H-pyrrole nitrogens is 1. The number of aromatic amines is 1. The number of likely N-dealkylation sites (tertiary alicyclic amines) is 1. The fourth-order valence-electron chi connectivity index (χ4n) is 4.30. The number of nitrogens with one attached hydrogen (secondary N) is 1. The van der Waals surface area contributed by atoms with Crippen molar-refractivity contribution in [1.82, 2.24) is 19.9 Å². The molecule has 2 atom stereocenters. The molecule has 0 saturated carbocycles. The van der Waals surface area contributed by atoms with Crippen molar-refractivity contribution in [2.75, 3.05) is 6.54 Å². The van der Waals surface area contributed by atoms with Gasteiger partial charge in [0.15, 0.2) is 0 Å². The minimum atomic E-state index is -0.458. The smallest absolute Gasteiger partial charge is 0.274 e. The number of hydrogen-bond acceptors (Lipinski definition) is 4. The number of benzene rings is 2. The van der Waals surface area contributed by atoms with Crippen molar-refractivity contribution in [3.8, 4) is 10.4 Å². The predicted octanol–water partition coefficient (Wildman–Crippen LogP) is 6.11. The van der Waals surface area contributed by atoms with E-state index in [1.807, 2.05) is 36.1 Å². The highest BCUT2D eigenvalue weighted by Gasteiger charge is 2.36. The Balaban J connectivity index is 1.47. The van der Waals surface area contributed by atoms with E-state index in [0.717, 1.165) is 45.7 Å². The van der Waals surface area contributed by atoms with Crippen LogP contribution >= 0.6 is 22.9 Å². The van der Waals surface area contributed by atoms with E-state index in [1.54, 1.807) is 12.1 Å². The van der Waals surface area contributed by atoms with E-state index in [0.29, 0.717) is 18.1 Å². The first-order valence-electron chi connectivity index (χ1n) is 10.6. The van der Waals surface area contributed by atoms with E-state index in [1.165, 1.54) is 23.5 Å². The Kier molecular flexibility index (Phi) is 5.69. The Morgan fingerprint density at radius 1 is 1.19 bits per heavy atom. The van der Waals surface area contributed by atoms with Gasteiger partial charge in [0.2, 0.25) is 0 Å². The van der Waals surface area contributed by atoms with Gasteiger partial charge < -0.3 is 9.88 Å². The van der Waals surface area contributed by atoms with Gasteiger partial charge in [0.1, 0.15) is 22.7 Å². The number of amides is 1. The number of rotatable bonds is 4. The lowest BCUT2D eigenvalue weighted by Crippen LogP contribution is -2.46. The Morgan fingerprint density at radius 3 is 2.75 bits per heavy atom. The second-order valence-electron chi connectivity index (χ2n) is 8.02. The number of aryl methyl sites for hydroxylation is 1. The Bertz CT molecular complexity index is 1240. The van der Waals surface area contributed by atoms with E-state index in [4.69, 9.17) is 11.6 Å². The van der Waals surface area contributed by atoms with Gasteiger partial charge in [0, 0.05) is 6.54 Å².